The molecule has 0 saturated carbocycles. The number of thiophene rings is 1. The number of aryl methyl sites for hydroxylation is 1. The van der Waals surface area contributed by atoms with Crippen LogP contribution in [0, 0.1) is 6.92 Å². The molecule has 0 saturated heterocycles. The average Bonchev–Trinajstić information content (AvgIpc) is 2.86. The van der Waals surface area contributed by atoms with Gasteiger partial charge in [0.15, 0.2) is 11.5 Å². The largest absolute Gasteiger partial charge is 0.493 e. The fraction of sp³-hybridized carbons (Fsp3) is 0.286. The summed E-state index contributed by atoms with van der Waals surface area (Å²) in [6.07, 6.45) is 0. The van der Waals surface area contributed by atoms with Gasteiger partial charge in [0, 0.05) is 9.75 Å². The molecular weight excluding hydrogens is 260 g/mol. The van der Waals surface area contributed by atoms with Gasteiger partial charge in [0.1, 0.15) is 0 Å². The molecule has 19 heavy (non-hydrogen) atoms. The van der Waals surface area contributed by atoms with E-state index in [0.29, 0.717) is 11.5 Å². The summed E-state index contributed by atoms with van der Waals surface area (Å²) in [6, 6.07) is 9.95. The third-order valence-electron chi connectivity index (χ3n) is 2.95. The molecule has 1 heterocycles. The molecule has 0 amide bonds. The van der Waals surface area contributed by atoms with E-state index < -0.39 is 0 Å². The van der Waals surface area contributed by atoms with Crippen LogP contribution in [0.3, 0.4) is 0 Å². The SMILES string of the molecule is COc1ccc(C(NN)c2ccc(C)s2)cc1OC. The van der Waals surface area contributed by atoms with Gasteiger partial charge in [-0.3, -0.25) is 5.84 Å². The number of nitrogens with one attached hydrogen (secondary N) is 1. The van der Waals surface area contributed by atoms with Gasteiger partial charge in [0.25, 0.3) is 0 Å². The third-order valence-corrected chi connectivity index (χ3v) is 4.02. The summed E-state index contributed by atoms with van der Waals surface area (Å²) in [5, 5.41) is 0. The fourth-order valence-corrected chi connectivity index (χ4v) is 2.95. The molecule has 0 spiro atoms. The minimum absolute atomic E-state index is 0.0430. The van der Waals surface area contributed by atoms with E-state index in [0.717, 1.165) is 5.56 Å². The summed E-state index contributed by atoms with van der Waals surface area (Å²) in [6.45, 7) is 2.08. The maximum absolute atomic E-state index is 5.69. The van der Waals surface area contributed by atoms with Crippen molar-refractivity contribution in [3.63, 3.8) is 0 Å². The number of hydrogen-bond acceptors (Lipinski definition) is 5. The van der Waals surface area contributed by atoms with Crippen LogP contribution < -0.4 is 20.7 Å². The average molecular weight is 278 g/mol. The summed E-state index contributed by atoms with van der Waals surface area (Å²) in [5.74, 6) is 7.11. The summed E-state index contributed by atoms with van der Waals surface area (Å²) in [4.78, 5) is 2.43. The first-order valence-corrected chi connectivity index (χ1v) is 6.75. The maximum Gasteiger partial charge on any atom is 0.161 e. The summed E-state index contributed by atoms with van der Waals surface area (Å²) >= 11 is 1.72. The first-order chi connectivity index (χ1) is 9.19. The summed E-state index contributed by atoms with van der Waals surface area (Å²) < 4.78 is 10.6. The molecule has 0 bridgehead atoms. The van der Waals surface area contributed by atoms with Crippen LogP contribution in [-0.2, 0) is 0 Å². The van der Waals surface area contributed by atoms with Crippen molar-refractivity contribution in [3.05, 3.63) is 45.6 Å². The number of hydrogen-bond donors (Lipinski definition) is 2. The third kappa shape index (κ3) is 2.89. The molecule has 1 aromatic heterocycles. The van der Waals surface area contributed by atoms with Crippen LogP contribution in [0.15, 0.2) is 30.3 Å². The van der Waals surface area contributed by atoms with Crippen molar-refractivity contribution in [2.24, 2.45) is 5.84 Å². The number of hydrazine groups is 1. The smallest absolute Gasteiger partial charge is 0.161 e. The Morgan fingerprint density at radius 1 is 1.11 bits per heavy atom. The van der Waals surface area contributed by atoms with Crippen molar-refractivity contribution in [1.29, 1.82) is 0 Å². The molecule has 1 aromatic carbocycles. The molecule has 5 heteroatoms. The predicted octanol–water partition coefficient (Wildman–Crippen LogP) is 2.63. The first-order valence-electron chi connectivity index (χ1n) is 5.94. The molecule has 0 aliphatic rings. The second-order valence-corrected chi connectivity index (χ2v) is 5.48. The lowest BCUT2D eigenvalue weighted by Crippen LogP contribution is -2.28. The van der Waals surface area contributed by atoms with Crippen molar-refractivity contribution in [1.82, 2.24) is 5.43 Å². The van der Waals surface area contributed by atoms with Crippen LogP contribution in [0.2, 0.25) is 0 Å². The zero-order chi connectivity index (χ0) is 13.8. The highest BCUT2D eigenvalue weighted by Gasteiger charge is 2.16. The highest BCUT2D eigenvalue weighted by molar-refractivity contribution is 7.12. The van der Waals surface area contributed by atoms with E-state index in [9.17, 15) is 0 Å². The standard InChI is InChI=1S/C14H18N2O2S/c1-9-4-7-13(19-9)14(16-15)10-5-6-11(17-2)12(8-10)18-3/h4-8,14,16H,15H2,1-3H3. The van der Waals surface area contributed by atoms with E-state index in [2.05, 4.69) is 24.5 Å². The molecular formula is C14H18N2O2S. The molecule has 2 aromatic rings. The molecule has 1 unspecified atom stereocenters. The Morgan fingerprint density at radius 2 is 1.84 bits per heavy atom. The van der Waals surface area contributed by atoms with Crippen molar-refractivity contribution in [2.75, 3.05) is 14.2 Å². The number of rotatable bonds is 5. The van der Waals surface area contributed by atoms with Crippen LogP contribution in [0.25, 0.3) is 0 Å². The molecule has 102 valence electrons. The monoisotopic (exact) mass is 278 g/mol. The van der Waals surface area contributed by atoms with Crippen molar-refractivity contribution >= 4 is 11.3 Å². The second kappa shape index (κ2) is 6.06. The van der Waals surface area contributed by atoms with Crippen molar-refractivity contribution in [3.8, 4) is 11.5 Å². The van der Waals surface area contributed by atoms with Crippen LogP contribution in [0.5, 0.6) is 11.5 Å². The fourth-order valence-electron chi connectivity index (χ4n) is 1.98. The normalized spacial score (nSPS) is 12.2. The molecule has 1 atom stereocenters. The molecule has 0 aliphatic heterocycles. The highest BCUT2D eigenvalue weighted by Crippen LogP contribution is 2.33. The van der Waals surface area contributed by atoms with Gasteiger partial charge in [-0.1, -0.05) is 6.07 Å². The van der Waals surface area contributed by atoms with Gasteiger partial charge in [-0.15, -0.1) is 11.3 Å². The first kappa shape index (κ1) is 13.9. The van der Waals surface area contributed by atoms with Crippen molar-refractivity contribution < 1.29 is 9.47 Å². The quantitative estimate of drug-likeness (QED) is 0.652. The van der Waals surface area contributed by atoms with E-state index in [1.807, 2.05) is 18.2 Å². The Hall–Kier alpha value is -1.56. The lowest BCUT2D eigenvalue weighted by Gasteiger charge is -2.17. The zero-order valence-electron chi connectivity index (χ0n) is 11.3. The van der Waals surface area contributed by atoms with Gasteiger partial charge < -0.3 is 9.47 Å². The lowest BCUT2D eigenvalue weighted by molar-refractivity contribution is 0.354. The molecule has 0 aliphatic carbocycles. The Labute approximate surface area is 117 Å². The number of methoxy groups -OCH3 is 2. The Kier molecular flexibility index (Phi) is 4.42. The minimum Gasteiger partial charge on any atom is -0.493 e. The Balaban J connectivity index is 2.38. The zero-order valence-corrected chi connectivity index (χ0v) is 12.1. The number of benzene rings is 1. The summed E-state index contributed by atoms with van der Waals surface area (Å²) in [7, 11) is 3.25. The van der Waals surface area contributed by atoms with Crippen LogP contribution in [0.1, 0.15) is 21.4 Å². The second-order valence-electron chi connectivity index (χ2n) is 4.16. The van der Waals surface area contributed by atoms with E-state index in [1.54, 1.807) is 25.6 Å². The Morgan fingerprint density at radius 3 is 2.37 bits per heavy atom. The minimum atomic E-state index is -0.0430. The topological polar surface area (TPSA) is 56.5 Å². The Bertz CT molecular complexity index is 554. The number of nitrogens with two attached hydrogens (primary N) is 1. The van der Waals surface area contributed by atoms with Crippen LogP contribution in [-0.4, -0.2) is 14.2 Å². The maximum atomic E-state index is 5.69. The summed E-state index contributed by atoms with van der Waals surface area (Å²) in [5.41, 5.74) is 3.89. The lowest BCUT2D eigenvalue weighted by atomic mass is 10.1. The molecule has 4 nitrogen and oxygen atoms in total. The van der Waals surface area contributed by atoms with Crippen molar-refractivity contribution in [2.45, 2.75) is 13.0 Å². The van der Waals surface area contributed by atoms with E-state index in [-0.39, 0.29) is 6.04 Å². The van der Waals surface area contributed by atoms with E-state index in [1.165, 1.54) is 9.75 Å². The van der Waals surface area contributed by atoms with E-state index >= 15 is 0 Å². The molecule has 3 N–H and O–H groups in total. The predicted molar refractivity (Wildman–Crippen MR) is 77.8 cm³/mol. The van der Waals surface area contributed by atoms with Gasteiger partial charge in [-0.05, 0) is 36.8 Å². The van der Waals surface area contributed by atoms with Gasteiger partial charge in [0.05, 0.1) is 20.3 Å². The molecule has 0 fully saturated rings. The molecule has 0 radical (unpaired) electrons. The van der Waals surface area contributed by atoms with Crippen LogP contribution in [0.4, 0.5) is 0 Å². The van der Waals surface area contributed by atoms with Gasteiger partial charge in [-0.2, -0.15) is 0 Å². The number of ether oxygens (including phenoxy) is 2. The van der Waals surface area contributed by atoms with E-state index in [4.69, 9.17) is 15.3 Å². The van der Waals surface area contributed by atoms with Crippen LogP contribution >= 0.6 is 11.3 Å². The van der Waals surface area contributed by atoms with Gasteiger partial charge in [0.2, 0.25) is 0 Å². The highest BCUT2D eigenvalue weighted by atomic mass is 32.1. The van der Waals surface area contributed by atoms with Gasteiger partial charge >= 0.3 is 0 Å². The molecule has 2 rings (SSSR count). The van der Waals surface area contributed by atoms with Gasteiger partial charge in [-0.25, -0.2) is 5.43 Å².